The van der Waals surface area contributed by atoms with Gasteiger partial charge in [-0.05, 0) is 70.2 Å². The second kappa shape index (κ2) is 11.5. The summed E-state index contributed by atoms with van der Waals surface area (Å²) in [6.45, 7) is 6.17. The highest BCUT2D eigenvalue weighted by Crippen LogP contribution is 2.33. The van der Waals surface area contributed by atoms with Crippen LogP contribution in [0.3, 0.4) is 0 Å². The SMILES string of the molecule is C[C@@H](N(NC(=O)OC(C)(C)C)C(=S)Nc1ccc(C#N)cc1)[C@](O)(Cn1cncn1)c1ccc(F)cc1F. The lowest BCUT2D eigenvalue weighted by Gasteiger charge is -2.42. The smallest absolute Gasteiger partial charge is 0.426 e. The summed E-state index contributed by atoms with van der Waals surface area (Å²) in [5.41, 5.74) is 0.164. The van der Waals surface area contributed by atoms with E-state index >= 15 is 4.39 Å². The summed E-state index contributed by atoms with van der Waals surface area (Å²) < 4.78 is 35.4. The molecule has 38 heavy (non-hydrogen) atoms. The maximum absolute atomic E-state index is 15.1. The Morgan fingerprint density at radius 1 is 1.26 bits per heavy atom. The maximum Gasteiger partial charge on any atom is 0.426 e. The summed E-state index contributed by atoms with van der Waals surface area (Å²) >= 11 is 5.55. The van der Waals surface area contributed by atoms with Crippen molar-refractivity contribution >= 4 is 29.1 Å². The number of hydrogen-bond acceptors (Lipinski definition) is 7. The van der Waals surface area contributed by atoms with Gasteiger partial charge in [0.25, 0.3) is 0 Å². The van der Waals surface area contributed by atoms with Crippen LogP contribution >= 0.6 is 12.2 Å². The van der Waals surface area contributed by atoms with Gasteiger partial charge in [-0.2, -0.15) is 10.4 Å². The molecular formula is C25H27F2N7O3S. The van der Waals surface area contributed by atoms with Crippen molar-refractivity contribution in [3.8, 4) is 6.07 Å². The van der Waals surface area contributed by atoms with Crippen molar-refractivity contribution in [2.24, 2.45) is 0 Å². The molecule has 200 valence electrons. The Morgan fingerprint density at radius 3 is 2.50 bits per heavy atom. The third-order valence-electron chi connectivity index (χ3n) is 5.44. The van der Waals surface area contributed by atoms with Crippen LogP contribution in [-0.2, 0) is 16.9 Å². The molecule has 0 unspecified atom stereocenters. The van der Waals surface area contributed by atoms with Crippen LogP contribution in [0.2, 0.25) is 0 Å². The van der Waals surface area contributed by atoms with E-state index in [0.29, 0.717) is 17.3 Å². The average molecular weight is 544 g/mol. The van der Waals surface area contributed by atoms with E-state index in [2.05, 4.69) is 20.8 Å². The molecule has 0 spiro atoms. The molecular weight excluding hydrogens is 516 g/mol. The summed E-state index contributed by atoms with van der Waals surface area (Å²) in [6, 6.07) is 9.93. The quantitative estimate of drug-likeness (QED) is 0.314. The molecule has 1 heterocycles. The maximum atomic E-state index is 15.1. The van der Waals surface area contributed by atoms with Crippen LogP contribution in [0.1, 0.15) is 38.8 Å². The summed E-state index contributed by atoms with van der Waals surface area (Å²) in [6.07, 6.45) is 1.66. The monoisotopic (exact) mass is 543 g/mol. The normalized spacial score (nSPS) is 13.5. The number of anilines is 1. The Hall–Kier alpha value is -4.15. The number of benzene rings is 2. The molecule has 0 saturated carbocycles. The fraction of sp³-hybridized carbons (Fsp3) is 0.320. The zero-order valence-corrected chi connectivity index (χ0v) is 22.0. The van der Waals surface area contributed by atoms with Gasteiger partial charge in [0, 0.05) is 17.3 Å². The summed E-state index contributed by atoms with van der Waals surface area (Å²) in [5, 5.41) is 29.0. The third-order valence-corrected chi connectivity index (χ3v) is 5.74. The van der Waals surface area contributed by atoms with E-state index < -0.39 is 35.0 Å². The second-order valence-corrected chi connectivity index (χ2v) is 9.81. The van der Waals surface area contributed by atoms with Crippen molar-refractivity contribution in [3.05, 3.63) is 77.9 Å². The molecule has 1 aromatic heterocycles. The fourth-order valence-corrected chi connectivity index (χ4v) is 3.91. The van der Waals surface area contributed by atoms with E-state index in [4.69, 9.17) is 22.2 Å². The summed E-state index contributed by atoms with van der Waals surface area (Å²) in [4.78, 5) is 16.6. The molecule has 1 amide bonds. The van der Waals surface area contributed by atoms with Crippen LogP contribution < -0.4 is 10.7 Å². The first-order valence-corrected chi connectivity index (χ1v) is 11.8. The van der Waals surface area contributed by atoms with Crippen LogP contribution in [0, 0.1) is 23.0 Å². The Kier molecular flexibility index (Phi) is 8.60. The predicted octanol–water partition coefficient (Wildman–Crippen LogP) is 3.84. The number of rotatable bonds is 6. The van der Waals surface area contributed by atoms with Gasteiger partial charge >= 0.3 is 6.09 Å². The molecule has 3 aromatic rings. The number of amides is 1. The van der Waals surface area contributed by atoms with E-state index in [1.165, 1.54) is 24.3 Å². The highest BCUT2D eigenvalue weighted by atomic mass is 32.1. The Labute approximate surface area is 223 Å². The van der Waals surface area contributed by atoms with Gasteiger partial charge < -0.3 is 15.2 Å². The van der Waals surface area contributed by atoms with E-state index in [-0.39, 0.29) is 17.2 Å². The van der Waals surface area contributed by atoms with Gasteiger partial charge in [-0.3, -0.25) is 5.01 Å². The highest BCUT2D eigenvalue weighted by Gasteiger charge is 2.44. The first kappa shape index (κ1) is 28.4. The number of ether oxygens (including phenoxy) is 1. The zero-order chi connectivity index (χ0) is 28.1. The summed E-state index contributed by atoms with van der Waals surface area (Å²) in [5.74, 6) is -1.84. The van der Waals surface area contributed by atoms with Crippen LogP contribution in [0.15, 0.2) is 55.1 Å². The molecule has 10 nitrogen and oxygen atoms in total. The Bertz CT molecular complexity index is 1320. The number of thiocarbonyl (C=S) groups is 1. The molecule has 13 heteroatoms. The third kappa shape index (κ3) is 6.99. The summed E-state index contributed by atoms with van der Waals surface area (Å²) in [7, 11) is 0. The van der Waals surface area contributed by atoms with Crippen molar-refractivity contribution in [1.29, 1.82) is 5.26 Å². The van der Waals surface area contributed by atoms with E-state index in [0.717, 1.165) is 17.1 Å². The van der Waals surface area contributed by atoms with E-state index in [9.17, 15) is 14.3 Å². The molecule has 0 bridgehead atoms. The number of carbonyl (C=O) groups excluding carboxylic acids is 1. The minimum Gasteiger partial charge on any atom is -0.443 e. The van der Waals surface area contributed by atoms with Gasteiger partial charge in [0.15, 0.2) is 5.11 Å². The number of aromatic nitrogens is 3. The molecule has 0 aliphatic heterocycles. The van der Waals surface area contributed by atoms with Gasteiger partial charge in [0.2, 0.25) is 0 Å². The average Bonchev–Trinajstić information content (AvgIpc) is 3.34. The van der Waals surface area contributed by atoms with Gasteiger partial charge in [0.05, 0.1) is 24.2 Å². The van der Waals surface area contributed by atoms with Crippen molar-refractivity contribution in [2.75, 3.05) is 5.32 Å². The topological polar surface area (TPSA) is 128 Å². The minimum absolute atomic E-state index is 0.0902. The first-order chi connectivity index (χ1) is 17.8. The minimum atomic E-state index is -2.13. The zero-order valence-electron chi connectivity index (χ0n) is 21.1. The molecule has 0 saturated heterocycles. The first-order valence-electron chi connectivity index (χ1n) is 11.4. The van der Waals surface area contributed by atoms with Gasteiger partial charge in [-0.25, -0.2) is 28.7 Å². The standard InChI is InChI=1S/C25H27F2N7O3S/c1-16(25(36,13-33-15-29-14-30-33)20-10-7-18(26)11-21(20)27)34(32-23(35)37-24(2,3)4)22(38)31-19-8-5-17(12-28)6-9-19/h5-11,14-16,36H,13H2,1-4H3,(H,31,38)(H,32,35)/t16-,25-/m1/s1. The molecule has 3 rings (SSSR count). The predicted molar refractivity (Wildman–Crippen MR) is 138 cm³/mol. The largest absolute Gasteiger partial charge is 0.443 e. The molecule has 2 aromatic carbocycles. The molecule has 0 radical (unpaired) electrons. The van der Waals surface area contributed by atoms with Gasteiger partial charge in [0.1, 0.15) is 35.5 Å². The number of carbonyl (C=O) groups is 1. The number of aliphatic hydroxyl groups is 1. The number of hydrogen-bond donors (Lipinski definition) is 3. The highest BCUT2D eigenvalue weighted by molar-refractivity contribution is 7.80. The Balaban J connectivity index is 2.04. The van der Waals surface area contributed by atoms with Gasteiger partial charge in [-0.15, -0.1) is 0 Å². The molecule has 0 aliphatic rings. The van der Waals surface area contributed by atoms with Crippen molar-refractivity contribution < 1.29 is 23.4 Å². The van der Waals surface area contributed by atoms with Crippen LogP contribution in [0.25, 0.3) is 0 Å². The molecule has 0 aliphatic carbocycles. The lowest BCUT2D eigenvalue weighted by atomic mass is 9.86. The van der Waals surface area contributed by atoms with Crippen LogP contribution in [0.5, 0.6) is 0 Å². The second-order valence-electron chi connectivity index (χ2n) is 9.42. The van der Waals surface area contributed by atoms with Crippen LogP contribution in [-0.4, -0.2) is 47.7 Å². The molecule has 2 atom stereocenters. The number of halogens is 2. The Morgan fingerprint density at radius 2 is 1.95 bits per heavy atom. The van der Waals surface area contributed by atoms with Crippen molar-refractivity contribution in [1.82, 2.24) is 25.2 Å². The number of nitrogens with one attached hydrogen (secondary N) is 2. The van der Waals surface area contributed by atoms with Crippen molar-refractivity contribution in [3.63, 3.8) is 0 Å². The van der Waals surface area contributed by atoms with Crippen molar-refractivity contribution in [2.45, 2.75) is 51.5 Å². The molecule has 3 N–H and O–H groups in total. The van der Waals surface area contributed by atoms with Gasteiger partial charge in [-0.1, -0.05) is 6.07 Å². The van der Waals surface area contributed by atoms with Crippen LogP contribution in [0.4, 0.5) is 19.3 Å². The number of hydrazine groups is 1. The lowest BCUT2D eigenvalue weighted by Crippen LogP contribution is -2.61. The lowest BCUT2D eigenvalue weighted by molar-refractivity contribution is -0.0574. The molecule has 0 fully saturated rings. The fourth-order valence-electron chi connectivity index (χ4n) is 3.59. The number of nitrogens with zero attached hydrogens (tertiary/aromatic N) is 5. The van der Waals surface area contributed by atoms with E-state index in [1.54, 1.807) is 45.0 Å². The van der Waals surface area contributed by atoms with E-state index in [1.807, 2.05) is 6.07 Å². The number of nitriles is 1.